The highest BCUT2D eigenvalue weighted by Crippen LogP contribution is 2.62. The highest BCUT2D eigenvalue weighted by atomic mass is 16.2. The Balaban J connectivity index is 1.82. The second-order valence-corrected chi connectivity index (χ2v) is 7.15. The summed E-state index contributed by atoms with van der Waals surface area (Å²) in [5.41, 5.74) is 6.23. The topological polar surface area (TPSA) is 80.9 Å². The van der Waals surface area contributed by atoms with Crippen LogP contribution in [0.1, 0.15) is 50.5 Å². The Labute approximate surface area is 119 Å². The molecule has 0 spiro atoms. The van der Waals surface area contributed by atoms with Gasteiger partial charge in [-0.2, -0.15) is 0 Å². The molecule has 2 fully saturated rings. The van der Waals surface area contributed by atoms with E-state index in [4.69, 9.17) is 5.73 Å². The highest BCUT2D eigenvalue weighted by molar-refractivity contribution is 5.92. The number of aromatic nitrogens is 2. The molecule has 2 bridgehead atoms. The molecule has 1 aromatic heterocycles. The molecule has 0 saturated heterocycles. The molecule has 2 saturated carbocycles. The van der Waals surface area contributed by atoms with Crippen LogP contribution in [0.4, 0.5) is 5.82 Å². The molecule has 5 heteroatoms. The molecule has 1 heterocycles. The van der Waals surface area contributed by atoms with E-state index in [9.17, 15) is 4.79 Å². The Bertz CT molecular complexity index is 552. The van der Waals surface area contributed by atoms with Crippen LogP contribution in [0.2, 0.25) is 0 Å². The zero-order valence-corrected chi connectivity index (χ0v) is 12.3. The van der Waals surface area contributed by atoms with E-state index in [1.54, 1.807) is 0 Å². The summed E-state index contributed by atoms with van der Waals surface area (Å²) < 4.78 is 0. The van der Waals surface area contributed by atoms with Crippen molar-refractivity contribution in [3.8, 4) is 0 Å². The third-order valence-electron chi connectivity index (χ3n) is 5.43. The van der Waals surface area contributed by atoms with Gasteiger partial charge in [-0.05, 0) is 36.0 Å². The number of fused-ring (bicyclic) bond motifs is 2. The lowest BCUT2D eigenvalue weighted by Gasteiger charge is -2.43. The van der Waals surface area contributed by atoms with Crippen LogP contribution in [-0.2, 0) is 0 Å². The van der Waals surface area contributed by atoms with Gasteiger partial charge in [0.2, 0.25) is 0 Å². The van der Waals surface area contributed by atoms with Crippen molar-refractivity contribution in [1.82, 2.24) is 15.3 Å². The first-order chi connectivity index (χ1) is 9.33. The number of nitrogens with two attached hydrogens (primary N) is 1. The first kappa shape index (κ1) is 13.3. The minimum atomic E-state index is -0.170. The summed E-state index contributed by atoms with van der Waals surface area (Å²) in [7, 11) is 0. The Morgan fingerprint density at radius 1 is 1.40 bits per heavy atom. The third kappa shape index (κ3) is 1.87. The molecule has 20 heavy (non-hydrogen) atoms. The van der Waals surface area contributed by atoms with Crippen molar-refractivity contribution in [3.63, 3.8) is 0 Å². The van der Waals surface area contributed by atoms with Gasteiger partial charge in [0.1, 0.15) is 11.5 Å². The molecule has 3 rings (SSSR count). The number of rotatable bonds is 2. The van der Waals surface area contributed by atoms with Crippen molar-refractivity contribution >= 4 is 11.7 Å². The van der Waals surface area contributed by atoms with Crippen LogP contribution in [0.5, 0.6) is 0 Å². The van der Waals surface area contributed by atoms with Crippen molar-refractivity contribution in [1.29, 1.82) is 0 Å². The number of nitrogens with one attached hydrogen (secondary N) is 1. The van der Waals surface area contributed by atoms with Crippen molar-refractivity contribution in [2.75, 3.05) is 5.73 Å². The lowest BCUT2D eigenvalue weighted by molar-refractivity contribution is 0.0733. The van der Waals surface area contributed by atoms with Gasteiger partial charge in [0.25, 0.3) is 5.91 Å². The molecule has 5 nitrogen and oxygen atoms in total. The second kappa shape index (κ2) is 4.17. The monoisotopic (exact) mass is 274 g/mol. The van der Waals surface area contributed by atoms with Crippen LogP contribution in [0, 0.1) is 16.7 Å². The fourth-order valence-electron chi connectivity index (χ4n) is 4.36. The first-order valence-corrected chi connectivity index (χ1v) is 7.21. The maximum absolute atomic E-state index is 12.4. The minimum absolute atomic E-state index is 0.135. The van der Waals surface area contributed by atoms with Crippen LogP contribution < -0.4 is 11.1 Å². The van der Waals surface area contributed by atoms with Crippen LogP contribution >= 0.6 is 0 Å². The molecule has 108 valence electrons. The lowest BCUT2D eigenvalue weighted by atomic mass is 9.68. The van der Waals surface area contributed by atoms with Crippen molar-refractivity contribution in [2.24, 2.45) is 16.7 Å². The zero-order chi connectivity index (χ0) is 14.5. The van der Waals surface area contributed by atoms with Gasteiger partial charge in [-0.15, -0.1) is 0 Å². The Morgan fingerprint density at radius 3 is 2.75 bits per heavy atom. The maximum Gasteiger partial charge on any atom is 0.271 e. The summed E-state index contributed by atoms with van der Waals surface area (Å²) >= 11 is 0. The summed E-state index contributed by atoms with van der Waals surface area (Å²) in [4.78, 5) is 20.4. The fourth-order valence-corrected chi connectivity index (χ4v) is 4.36. The zero-order valence-electron chi connectivity index (χ0n) is 12.3. The van der Waals surface area contributed by atoms with Gasteiger partial charge >= 0.3 is 0 Å². The number of nitrogens with zero attached hydrogens (tertiary/aromatic N) is 2. The number of nitrogen functional groups attached to an aromatic ring is 1. The number of hydrogen-bond acceptors (Lipinski definition) is 4. The predicted molar refractivity (Wildman–Crippen MR) is 76.9 cm³/mol. The second-order valence-electron chi connectivity index (χ2n) is 7.15. The Morgan fingerprint density at radius 2 is 2.15 bits per heavy atom. The van der Waals surface area contributed by atoms with Gasteiger partial charge in [0.15, 0.2) is 0 Å². The molecule has 2 aliphatic carbocycles. The lowest BCUT2D eigenvalue weighted by Crippen LogP contribution is -2.52. The molecule has 0 aromatic carbocycles. The number of amides is 1. The number of carbonyl (C=O) groups excluding carboxylic acids is 1. The van der Waals surface area contributed by atoms with E-state index in [0.717, 1.165) is 0 Å². The molecule has 3 atom stereocenters. The van der Waals surface area contributed by atoms with Crippen LogP contribution in [-0.4, -0.2) is 21.9 Å². The molecule has 3 N–H and O–H groups in total. The van der Waals surface area contributed by atoms with Gasteiger partial charge in [-0.25, -0.2) is 4.98 Å². The molecule has 3 unspecified atom stereocenters. The summed E-state index contributed by atoms with van der Waals surface area (Å²) in [6, 6.07) is 0.185. The van der Waals surface area contributed by atoms with Gasteiger partial charge in [-0.3, -0.25) is 9.78 Å². The molecule has 1 aromatic rings. The molecule has 0 aliphatic heterocycles. The fraction of sp³-hybridized carbons (Fsp3) is 0.667. The third-order valence-corrected chi connectivity index (χ3v) is 5.43. The number of hydrogen-bond donors (Lipinski definition) is 2. The van der Waals surface area contributed by atoms with Crippen LogP contribution in [0.3, 0.4) is 0 Å². The Kier molecular flexibility index (Phi) is 2.78. The van der Waals surface area contributed by atoms with E-state index in [1.165, 1.54) is 31.7 Å². The first-order valence-electron chi connectivity index (χ1n) is 7.21. The van der Waals surface area contributed by atoms with Gasteiger partial charge < -0.3 is 11.1 Å². The van der Waals surface area contributed by atoms with Gasteiger partial charge in [0.05, 0.1) is 12.4 Å². The van der Waals surface area contributed by atoms with Crippen LogP contribution in [0.25, 0.3) is 0 Å². The summed E-state index contributed by atoms with van der Waals surface area (Å²) in [5.74, 6) is 0.803. The molecule has 0 radical (unpaired) electrons. The van der Waals surface area contributed by atoms with E-state index in [1.807, 2.05) is 0 Å². The standard InChI is InChI=1S/C15H22N4O/c1-14(2)9-4-5-15(3,6-9)13(14)19-12(20)10-7-17-8-11(16)18-10/h7-9,13H,4-6H2,1-3H3,(H2,16,18)(H,19,20). The van der Waals surface area contributed by atoms with Gasteiger partial charge in [0, 0.05) is 6.04 Å². The molecular weight excluding hydrogens is 252 g/mol. The smallest absolute Gasteiger partial charge is 0.271 e. The quantitative estimate of drug-likeness (QED) is 0.864. The van der Waals surface area contributed by atoms with Crippen molar-refractivity contribution in [2.45, 2.75) is 46.1 Å². The van der Waals surface area contributed by atoms with E-state index >= 15 is 0 Å². The van der Waals surface area contributed by atoms with Crippen molar-refractivity contribution in [3.05, 3.63) is 18.1 Å². The number of carbonyl (C=O) groups is 1. The number of anilines is 1. The van der Waals surface area contributed by atoms with Crippen molar-refractivity contribution < 1.29 is 4.79 Å². The Hall–Kier alpha value is -1.65. The van der Waals surface area contributed by atoms with Gasteiger partial charge in [-0.1, -0.05) is 20.8 Å². The highest BCUT2D eigenvalue weighted by Gasteiger charge is 2.59. The van der Waals surface area contributed by atoms with E-state index in [2.05, 4.69) is 36.1 Å². The largest absolute Gasteiger partial charge is 0.382 e. The molecule has 1 amide bonds. The molecular formula is C15H22N4O. The summed E-state index contributed by atoms with van der Waals surface area (Å²) in [5, 5.41) is 3.19. The predicted octanol–water partition coefficient (Wildman–Crippen LogP) is 2.00. The normalized spacial score (nSPS) is 34.1. The average molecular weight is 274 g/mol. The minimum Gasteiger partial charge on any atom is -0.382 e. The summed E-state index contributed by atoms with van der Waals surface area (Å²) in [6.07, 6.45) is 6.57. The average Bonchev–Trinajstić information content (AvgIpc) is 2.85. The summed E-state index contributed by atoms with van der Waals surface area (Å²) in [6.45, 7) is 6.81. The van der Waals surface area contributed by atoms with E-state index in [0.29, 0.717) is 11.6 Å². The maximum atomic E-state index is 12.4. The van der Waals surface area contributed by atoms with Crippen LogP contribution in [0.15, 0.2) is 12.4 Å². The SMILES string of the molecule is CC12CCC(C1)C(C)(C)C2NC(=O)c1cncc(N)n1. The van der Waals surface area contributed by atoms with E-state index < -0.39 is 0 Å². The molecule has 2 aliphatic rings. The van der Waals surface area contributed by atoms with E-state index in [-0.39, 0.29) is 28.6 Å².